The number of hydrogen-bond donors (Lipinski definition) is 0. The van der Waals surface area contributed by atoms with Crippen LogP contribution in [0.15, 0.2) is 89.7 Å². The van der Waals surface area contributed by atoms with Gasteiger partial charge in [-0.3, -0.25) is 14.3 Å². The molecule has 0 radical (unpaired) electrons. The molecule has 35 heavy (non-hydrogen) atoms. The van der Waals surface area contributed by atoms with E-state index in [1.54, 1.807) is 16.7 Å². The van der Waals surface area contributed by atoms with Gasteiger partial charge in [0, 0.05) is 22.7 Å². The molecule has 0 saturated carbocycles. The summed E-state index contributed by atoms with van der Waals surface area (Å²) in [5, 5.41) is 0. The first-order valence-electron chi connectivity index (χ1n) is 11.4. The molecule has 5 aromatic rings. The van der Waals surface area contributed by atoms with Gasteiger partial charge < -0.3 is 0 Å². The first kappa shape index (κ1) is 22.9. The number of rotatable bonds is 6. The van der Waals surface area contributed by atoms with Crippen LogP contribution in [0.4, 0.5) is 4.39 Å². The molecule has 0 unspecified atom stereocenters. The molecule has 0 amide bonds. The molecule has 0 spiro atoms. The number of hydrogen-bond acceptors (Lipinski definition) is 4. The fraction of sp³-hybridized carbons (Fsp3) is 0.138. The minimum Gasteiger partial charge on any atom is -0.292 e. The molecule has 0 fully saturated rings. The Morgan fingerprint density at radius 1 is 0.857 bits per heavy atom. The van der Waals surface area contributed by atoms with E-state index in [-0.39, 0.29) is 11.4 Å². The fourth-order valence-corrected chi connectivity index (χ4v) is 5.24. The van der Waals surface area contributed by atoms with Crippen LogP contribution in [0.3, 0.4) is 0 Å². The minimum atomic E-state index is -0.360. The van der Waals surface area contributed by atoms with E-state index in [0.29, 0.717) is 35.6 Å². The van der Waals surface area contributed by atoms with Gasteiger partial charge in [-0.25, -0.2) is 9.37 Å². The first-order valence-corrected chi connectivity index (χ1v) is 12.3. The Bertz CT molecular complexity index is 1560. The average molecular weight is 482 g/mol. The molecule has 174 valence electrons. The van der Waals surface area contributed by atoms with Gasteiger partial charge in [-0.05, 0) is 62.2 Å². The van der Waals surface area contributed by atoms with Crippen molar-refractivity contribution in [1.82, 2.24) is 14.5 Å². The van der Waals surface area contributed by atoms with Crippen LogP contribution in [0.2, 0.25) is 0 Å². The van der Waals surface area contributed by atoms with Crippen LogP contribution in [0.25, 0.3) is 32.4 Å². The van der Waals surface area contributed by atoms with Crippen molar-refractivity contribution in [3.8, 4) is 32.4 Å². The van der Waals surface area contributed by atoms with Crippen LogP contribution in [0.5, 0.6) is 0 Å². The summed E-state index contributed by atoms with van der Waals surface area (Å²) in [5.41, 5.74) is 4.60. The maximum absolute atomic E-state index is 14.1. The van der Waals surface area contributed by atoms with Crippen LogP contribution in [0, 0.1) is 19.7 Å². The lowest BCUT2D eigenvalue weighted by molar-refractivity contribution is 0.626. The van der Waals surface area contributed by atoms with Crippen molar-refractivity contribution in [3.63, 3.8) is 0 Å². The lowest BCUT2D eigenvalue weighted by Gasteiger charge is -2.16. The van der Waals surface area contributed by atoms with Gasteiger partial charge in [-0.1, -0.05) is 48.5 Å². The van der Waals surface area contributed by atoms with Crippen molar-refractivity contribution in [3.05, 3.63) is 118 Å². The third-order valence-electron chi connectivity index (χ3n) is 5.89. The molecule has 0 aliphatic heterocycles. The van der Waals surface area contributed by atoms with Gasteiger partial charge in [0.1, 0.15) is 11.6 Å². The van der Waals surface area contributed by atoms with Crippen molar-refractivity contribution in [2.75, 3.05) is 0 Å². The SMILES string of the molecule is Cc1cccc(-c2ccc(-c3c(C)nc(-c4cccc(F)c4)n(CCc4ccccc4)c3=O)s2)n1. The molecular formula is C29H24FN3OS. The van der Waals surface area contributed by atoms with Gasteiger partial charge in [0.25, 0.3) is 5.56 Å². The molecule has 3 aromatic heterocycles. The smallest absolute Gasteiger partial charge is 0.262 e. The molecule has 4 nitrogen and oxygen atoms in total. The summed E-state index contributed by atoms with van der Waals surface area (Å²) in [7, 11) is 0. The van der Waals surface area contributed by atoms with Gasteiger partial charge in [0.2, 0.25) is 0 Å². The molecular weight excluding hydrogens is 457 g/mol. The Labute approximate surface area is 207 Å². The van der Waals surface area contributed by atoms with E-state index in [4.69, 9.17) is 4.98 Å². The van der Waals surface area contributed by atoms with E-state index in [1.165, 1.54) is 23.5 Å². The summed E-state index contributed by atoms with van der Waals surface area (Å²) in [4.78, 5) is 25.2. The number of halogens is 1. The van der Waals surface area contributed by atoms with Crippen LogP contribution in [0.1, 0.15) is 17.0 Å². The zero-order valence-corrected chi connectivity index (χ0v) is 20.3. The Morgan fingerprint density at radius 3 is 2.40 bits per heavy atom. The van der Waals surface area contributed by atoms with Crippen molar-refractivity contribution in [2.24, 2.45) is 0 Å². The highest BCUT2D eigenvalue weighted by atomic mass is 32.1. The first-order chi connectivity index (χ1) is 17.0. The highest BCUT2D eigenvalue weighted by molar-refractivity contribution is 7.18. The lowest BCUT2D eigenvalue weighted by atomic mass is 10.1. The van der Waals surface area contributed by atoms with Gasteiger partial charge in [-0.2, -0.15) is 0 Å². The number of pyridine rings is 1. The molecule has 0 saturated heterocycles. The van der Waals surface area contributed by atoms with E-state index >= 15 is 0 Å². The van der Waals surface area contributed by atoms with E-state index in [2.05, 4.69) is 4.98 Å². The Morgan fingerprint density at radius 2 is 1.63 bits per heavy atom. The summed E-state index contributed by atoms with van der Waals surface area (Å²) in [6, 6.07) is 26.1. The summed E-state index contributed by atoms with van der Waals surface area (Å²) < 4.78 is 15.7. The number of thiophene rings is 1. The largest absolute Gasteiger partial charge is 0.292 e. The van der Waals surface area contributed by atoms with Crippen LogP contribution >= 0.6 is 11.3 Å². The Kier molecular flexibility index (Phi) is 6.38. The highest BCUT2D eigenvalue weighted by Gasteiger charge is 2.19. The second-order valence-electron chi connectivity index (χ2n) is 8.43. The average Bonchev–Trinajstić information content (AvgIpc) is 3.34. The van der Waals surface area contributed by atoms with Crippen LogP contribution < -0.4 is 5.56 Å². The molecule has 0 N–H and O–H groups in total. The summed E-state index contributed by atoms with van der Waals surface area (Å²) >= 11 is 1.53. The van der Waals surface area contributed by atoms with Gasteiger partial charge in [-0.15, -0.1) is 11.3 Å². The van der Waals surface area contributed by atoms with Gasteiger partial charge >= 0.3 is 0 Å². The highest BCUT2D eigenvalue weighted by Crippen LogP contribution is 2.34. The zero-order chi connectivity index (χ0) is 24.4. The van der Waals surface area contributed by atoms with E-state index < -0.39 is 0 Å². The second kappa shape index (κ2) is 9.76. The molecule has 3 heterocycles. The number of nitrogens with zero attached hydrogens (tertiary/aromatic N) is 3. The normalized spacial score (nSPS) is 11.1. The topological polar surface area (TPSA) is 47.8 Å². The van der Waals surface area contributed by atoms with Crippen LogP contribution in [-0.4, -0.2) is 14.5 Å². The fourth-order valence-electron chi connectivity index (χ4n) is 4.18. The van der Waals surface area contributed by atoms with E-state index in [9.17, 15) is 9.18 Å². The Hall–Kier alpha value is -3.90. The lowest BCUT2D eigenvalue weighted by Crippen LogP contribution is -2.26. The van der Waals surface area contributed by atoms with Crippen molar-refractivity contribution in [1.29, 1.82) is 0 Å². The van der Waals surface area contributed by atoms with Crippen LogP contribution in [-0.2, 0) is 13.0 Å². The maximum atomic E-state index is 14.1. The number of aryl methyl sites for hydroxylation is 3. The summed E-state index contributed by atoms with van der Waals surface area (Å²) in [6.45, 7) is 4.24. The molecule has 2 aromatic carbocycles. The number of aromatic nitrogens is 3. The van der Waals surface area contributed by atoms with Gasteiger partial charge in [0.05, 0.1) is 21.8 Å². The predicted molar refractivity (Wildman–Crippen MR) is 140 cm³/mol. The monoisotopic (exact) mass is 481 g/mol. The third-order valence-corrected chi connectivity index (χ3v) is 7.02. The van der Waals surface area contributed by atoms with Gasteiger partial charge in [0.15, 0.2) is 0 Å². The number of benzene rings is 2. The van der Waals surface area contributed by atoms with Crippen molar-refractivity contribution < 1.29 is 4.39 Å². The molecule has 0 aliphatic rings. The summed E-state index contributed by atoms with van der Waals surface area (Å²) in [6.07, 6.45) is 0.663. The Balaban J connectivity index is 1.62. The second-order valence-corrected chi connectivity index (χ2v) is 9.51. The van der Waals surface area contributed by atoms with Crippen molar-refractivity contribution in [2.45, 2.75) is 26.8 Å². The molecule has 5 rings (SSSR count). The minimum absolute atomic E-state index is 0.127. The van der Waals surface area contributed by atoms with E-state index in [1.807, 2.05) is 74.5 Å². The molecule has 0 aliphatic carbocycles. The molecule has 0 bridgehead atoms. The molecule has 6 heteroatoms. The zero-order valence-electron chi connectivity index (χ0n) is 19.5. The van der Waals surface area contributed by atoms with E-state index in [0.717, 1.165) is 26.7 Å². The molecule has 0 atom stereocenters. The third kappa shape index (κ3) is 4.84. The standard InChI is InChI=1S/C29H24FN3OS/c1-19-8-6-13-24(31-19)25-14-15-26(35-25)27-20(2)32-28(22-11-7-12-23(30)18-22)33(29(27)34)17-16-21-9-4-3-5-10-21/h3-15,18H,16-17H2,1-2H3. The van der Waals surface area contributed by atoms with Crippen molar-refractivity contribution >= 4 is 11.3 Å². The predicted octanol–water partition coefficient (Wildman–Crippen LogP) is 6.70. The quantitative estimate of drug-likeness (QED) is 0.271. The maximum Gasteiger partial charge on any atom is 0.262 e. The summed E-state index contributed by atoms with van der Waals surface area (Å²) in [5.74, 6) is 0.116.